The molecule has 1 aromatic heterocycles. The number of amides is 1. The van der Waals surface area contributed by atoms with Crippen LogP contribution in [0.4, 0.5) is 4.39 Å². The van der Waals surface area contributed by atoms with Crippen molar-refractivity contribution in [3.8, 4) is 11.3 Å². The van der Waals surface area contributed by atoms with Crippen molar-refractivity contribution in [1.82, 2.24) is 20.4 Å². The third kappa shape index (κ3) is 6.29. The Morgan fingerprint density at radius 3 is 2.93 bits per heavy atom. The topological polar surface area (TPSA) is 70.2 Å². The lowest BCUT2D eigenvalue weighted by molar-refractivity contribution is -0.135. The van der Waals surface area contributed by atoms with Gasteiger partial charge >= 0.3 is 0 Å². The number of benzene rings is 1. The third-order valence-corrected chi connectivity index (χ3v) is 4.79. The van der Waals surface area contributed by atoms with Crippen molar-refractivity contribution in [2.45, 2.75) is 31.7 Å². The highest BCUT2D eigenvalue weighted by atomic mass is 35.5. The quantitative estimate of drug-likeness (QED) is 0.656. The fourth-order valence-electron chi connectivity index (χ4n) is 3.23. The van der Waals surface area contributed by atoms with Crippen molar-refractivity contribution >= 4 is 18.3 Å². The molecule has 1 amide bonds. The standard InChI is InChI=1S/C20H27FN4O2.ClH/c1-25(20(26)19-14-27-11-9-22-19)10-4-2-3-8-17-13-18(24-23-17)15-6-5-7-16(21)12-15;/h5-7,12-13,19,22H,2-4,8-11,14H2,1H3,(H,23,24);1H. The van der Waals surface area contributed by atoms with E-state index in [1.165, 1.54) is 12.1 Å². The molecule has 8 heteroatoms. The second-order valence-electron chi connectivity index (χ2n) is 6.94. The molecule has 0 aliphatic carbocycles. The van der Waals surface area contributed by atoms with E-state index in [1.807, 2.05) is 19.2 Å². The number of likely N-dealkylation sites (N-methyl/N-ethyl adjacent to an activating group) is 1. The highest BCUT2D eigenvalue weighted by molar-refractivity contribution is 5.85. The van der Waals surface area contributed by atoms with Crippen LogP contribution in [-0.2, 0) is 16.0 Å². The van der Waals surface area contributed by atoms with Crippen LogP contribution in [0.5, 0.6) is 0 Å². The number of nitrogens with zero attached hydrogens (tertiary/aromatic N) is 2. The lowest BCUT2D eigenvalue weighted by Crippen LogP contribution is -2.51. The van der Waals surface area contributed by atoms with Crippen LogP contribution in [0.1, 0.15) is 25.0 Å². The maximum atomic E-state index is 13.3. The summed E-state index contributed by atoms with van der Waals surface area (Å²) in [4.78, 5) is 14.1. The van der Waals surface area contributed by atoms with Crippen LogP contribution in [0.3, 0.4) is 0 Å². The number of hydrogen-bond donors (Lipinski definition) is 2. The predicted octanol–water partition coefficient (Wildman–Crippen LogP) is 2.80. The number of ether oxygens (including phenoxy) is 1. The minimum atomic E-state index is -0.259. The second kappa shape index (κ2) is 11.1. The largest absolute Gasteiger partial charge is 0.378 e. The molecule has 1 atom stereocenters. The van der Waals surface area contributed by atoms with E-state index < -0.39 is 0 Å². The van der Waals surface area contributed by atoms with Gasteiger partial charge in [0.05, 0.1) is 18.9 Å². The maximum Gasteiger partial charge on any atom is 0.241 e. The summed E-state index contributed by atoms with van der Waals surface area (Å²) in [6.45, 7) is 2.60. The van der Waals surface area contributed by atoms with E-state index in [0.717, 1.165) is 55.7 Å². The molecule has 2 aromatic rings. The zero-order valence-electron chi connectivity index (χ0n) is 16.1. The minimum absolute atomic E-state index is 0. The normalized spacial score (nSPS) is 16.4. The Hall–Kier alpha value is -1.96. The van der Waals surface area contributed by atoms with Crippen LogP contribution in [-0.4, -0.2) is 60.4 Å². The molecule has 154 valence electrons. The van der Waals surface area contributed by atoms with Crippen molar-refractivity contribution in [2.24, 2.45) is 0 Å². The van der Waals surface area contributed by atoms with Gasteiger partial charge in [0.2, 0.25) is 5.91 Å². The number of hydrogen-bond acceptors (Lipinski definition) is 4. The molecule has 3 rings (SSSR count). The molecule has 2 heterocycles. The van der Waals surface area contributed by atoms with Crippen LogP contribution in [0, 0.1) is 5.82 Å². The van der Waals surface area contributed by atoms with Gasteiger partial charge in [-0.25, -0.2) is 4.39 Å². The summed E-state index contributed by atoms with van der Waals surface area (Å²) >= 11 is 0. The molecule has 2 N–H and O–H groups in total. The fraction of sp³-hybridized carbons (Fsp3) is 0.500. The van der Waals surface area contributed by atoms with Crippen molar-refractivity contribution < 1.29 is 13.9 Å². The van der Waals surface area contributed by atoms with E-state index in [9.17, 15) is 9.18 Å². The van der Waals surface area contributed by atoms with E-state index in [4.69, 9.17) is 4.74 Å². The summed E-state index contributed by atoms with van der Waals surface area (Å²) in [6.07, 6.45) is 3.89. The number of carbonyl (C=O) groups excluding carboxylic acids is 1. The Kier molecular flexibility index (Phi) is 8.89. The number of H-pyrrole nitrogens is 1. The smallest absolute Gasteiger partial charge is 0.241 e. The Bertz CT molecular complexity index is 749. The van der Waals surface area contributed by atoms with Gasteiger partial charge in [0.15, 0.2) is 0 Å². The summed E-state index contributed by atoms with van der Waals surface area (Å²) in [5.41, 5.74) is 2.58. The molecule has 1 saturated heterocycles. The first-order chi connectivity index (χ1) is 13.1. The average Bonchev–Trinajstić information content (AvgIpc) is 3.16. The SMILES string of the molecule is CN(CCCCCc1cc(-c2cccc(F)c2)n[nH]1)C(=O)C1COCCN1.Cl. The van der Waals surface area contributed by atoms with Gasteiger partial charge in [0.25, 0.3) is 0 Å². The van der Waals surface area contributed by atoms with E-state index >= 15 is 0 Å². The van der Waals surface area contributed by atoms with Gasteiger partial charge in [-0.05, 0) is 37.5 Å². The van der Waals surface area contributed by atoms with Gasteiger partial charge in [-0.1, -0.05) is 18.6 Å². The first-order valence-corrected chi connectivity index (χ1v) is 9.50. The number of morpholine rings is 1. The molecule has 1 fully saturated rings. The number of nitrogens with one attached hydrogen (secondary N) is 2. The minimum Gasteiger partial charge on any atom is -0.378 e. The third-order valence-electron chi connectivity index (χ3n) is 4.79. The van der Waals surface area contributed by atoms with Crippen molar-refractivity contribution in [1.29, 1.82) is 0 Å². The number of aromatic amines is 1. The molecule has 28 heavy (non-hydrogen) atoms. The fourth-order valence-corrected chi connectivity index (χ4v) is 3.23. The molecule has 1 aliphatic rings. The monoisotopic (exact) mass is 410 g/mol. The predicted molar refractivity (Wildman–Crippen MR) is 109 cm³/mol. The number of aryl methyl sites for hydroxylation is 1. The molecular weight excluding hydrogens is 383 g/mol. The Morgan fingerprint density at radius 1 is 1.32 bits per heavy atom. The molecule has 6 nitrogen and oxygen atoms in total. The number of halogens is 2. The molecular formula is C20H28ClFN4O2. The number of carbonyl (C=O) groups is 1. The van der Waals surface area contributed by atoms with E-state index in [1.54, 1.807) is 11.0 Å². The van der Waals surface area contributed by atoms with Gasteiger partial charge in [-0.3, -0.25) is 9.89 Å². The molecule has 0 radical (unpaired) electrons. The number of unbranched alkanes of at least 4 members (excludes halogenated alkanes) is 2. The van der Waals surface area contributed by atoms with Gasteiger partial charge in [-0.2, -0.15) is 5.10 Å². The molecule has 1 aromatic carbocycles. The summed E-state index contributed by atoms with van der Waals surface area (Å²) in [7, 11) is 1.85. The van der Waals surface area contributed by atoms with E-state index in [0.29, 0.717) is 13.2 Å². The van der Waals surface area contributed by atoms with Gasteiger partial charge in [0.1, 0.15) is 11.9 Å². The average molecular weight is 411 g/mol. The van der Waals surface area contributed by atoms with Gasteiger partial charge in [0, 0.05) is 31.4 Å². The van der Waals surface area contributed by atoms with Gasteiger partial charge < -0.3 is 15.0 Å². The number of rotatable bonds is 8. The Labute approximate surface area is 171 Å². The Morgan fingerprint density at radius 2 is 2.18 bits per heavy atom. The number of aromatic nitrogens is 2. The molecule has 0 bridgehead atoms. The summed E-state index contributed by atoms with van der Waals surface area (Å²) in [5, 5.41) is 10.5. The van der Waals surface area contributed by atoms with Crippen LogP contribution >= 0.6 is 12.4 Å². The molecule has 1 aliphatic heterocycles. The first kappa shape index (κ1) is 22.3. The highest BCUT2D eigenvalue weighted by Crippen LogP contribution is 2.19. The van der Waals surface area contributed by atoms with Crippen LogP contribution < -0.4 is 5.32 Å². The highest BCUT2D eigenvalue weighted by Gasteiger charge is 2.23. The lowest BCUT2D eigenvalue weighted by atomic mass is 10.1. The Balaban J connectivity index is 0.00000280. The summed E-state index contributed by atoms with van der Waals surface area (Å²) in [6, 6.07) is 8.21. The van der Waals surface area contributed by atoms with Crippen molar-refractivity contribution in [3.05, 3.63) is 41.8 Å². The van der Waals surface area contributed by atoms with Crippen molar-refractivity contribution in [2.75, 3.05) is 33.4 Å². The van der Waals surface area contributed by atoms with E-state index in [-0.39, 0.29) is 30.2 Å². The molecule has 0 spiro atoms. The zero-order valence-corrected chi connectivity index (χ0v) is 16.9. The van der Waals surface area contributed by atoms with Crippen LogP contribution in [0.25, 0.3) is 11.3 Å². The second-order valence-corrected chi connectivity index (χ2v) is 6.94. The lowest BCUT2D eigenvalue weighted by Gasteiger charge is -2.27. The summed E-state index contributed by atoms with van der Waals surface area (Å²) < 4.78 is 18.7. The van der Waals surface area contributed by atoms with E-state index in [2.05, 4.69) is 15.5 Å². The van der Waals surface area contributed by atoms with Crippen LogP contribution in [0.2, 0.25) is 0 Å². The van der Waals surface area contributed by atoms with Gasteiger partial charge in [-0.15, -0.1) is 12.4 Å². The zero-order chi connectivity index (χ0) is 19.1. The molecule has 0 saturated carbocycles. The van der Waals surface area contributed by atoms with Crippen molar-refractivity contribution in [3.63, 3.8) is 0 Å². The molecule has 1 unspecified atom stereocenters. The maximum absolute atomic E-state index is 13.3. The van der Waals surface area contributed by atoms with Crippen LogP contribution in [0.15, 0.2) is 30.3 Å². The summed E-state index contributed by atoms with van der Waals surface area (Å²) in [5.74, 6) is -0.159. The first-order valence-electron chi connectivity index (χ1n) is 9.50.